The number of benzene rings is 3. The highest BCUT2D eigenvalue weighted by atomic mass is 16.4. The van der Waals surface area contributed by atoms with Crippen LogP contribution < -0.4 is 0 Å². The molecule has 2 nitrogen and oxygen atoms in total. The van der Waals surface area contributed by atoms with Crippen LogP contribution in [0.5, 0.6) is 0 Å². The molecule has 0 aromatic heterocycles. The molecule has 0 saturated carbocycles. The molecule has 0 amide bonds. The second-order valence-electron chi connectivity index (χ2n) is 9.19. The van der Waals surface area contributed by atoms with Crippen molar-refractivity contribution in [3.05, 3.63) is 105 Å². The first kappa shape index (κ1) is 20.4. The van der Waals surface area contributed by atoms with Crippen molar-refractivity contribution >= 4 is 5.97 Å². The van der Waals surface area contributed by atoms with E-state index in [1.165, 1.54) is 39.8 Å². The highest BCUT2D eigenvalue weighted by molar-refractivity contribution is 5.87. The first-order valence-corrected chi connectivity index (χ1v) is 10.8. The van der Waals surface area contributed by atoms with Crippen molar-refractivity contribution in [1.29, 1.82) is 0 Å². The summed E-state index contributed by atoms with van der Waals surface area (Å²) in [7, 11) is 0. The normalized spacial score (nSPS) is 17.7. The summed E-state index contributed by atoms with van der Waals surface area (Å²) in [5, 5.41) is 9.10. The van der Waals surface area contributed by atoms with E-state index in [1.807, 2.05) is 12.1 Å². The third kappa shape index (κ3) is 4.18. The van der Waals surface area contributed by atoms with E-state index in [4.69, 9.17) is 5.11 Å². The third-order valence-electron chi connectivity index (χ3n) is 6.55. The van der Waals surface area contributed by atoms with E-state index in [2.05, 4.69) is 57.2 Å². The van der Waals surface area contributed by atoms with Crippen LogP contribution in [0.4, 0.5) is 0 Å². The minimum Gasteiger partial charge on any atom is -0.478 e. The molecule has 0 saturated heterocycles. The quantitative estimate of drug-likeness (QED) is 0.534. The Kier molecular flexibility index (Phi) is 5.51. The number of carboxylic acids is 1. The Morgan fingerprint density at radius 3 is 2.30 bits per heavy atom. The van der Waals surface area contributed by atoms with Gasteiger partial charge in [0.2, 0.25) is 0 Å². The van der Waals surface area contributed by atoms with Crippen molar-refractivity contribution in [2.24, 2.45) is 0 Å². The van der Waals surface area contributed by atoms with Gasteiger partial charge in [0.1, 0.15) is 0 Å². The number of fused-ring (bicyclic) bond motifs is 1. The Balaban J connectivity index is 1.58. The maximum atomic E-state index is 11.1. The van der Waals surface area contributed by atoms with Gasteiger partial charge in [-0.15, -0.1) is 0 Å². The van der Waals surface area contributed by atoms with Crippen molar-refractivity contribution in [2.45, 2.75) is 58.3 Å². The predicted molar refractivity (Wildman–Crippen MR) is 123 cm³/mol. The van der Waals surface area contributed by atoms with Gasteiger partial charge in [0, 0.05) is 0 Å². The van der Waals surface area contributed by atoms with E-state index in [0.29, 0.717) is 5.56 Å². The molecule has 0 aliphatic heterocycles. The number of rotatable bonds is 6. The molecule has 0 bridgehead atoms. The summed E-state index contributed by atoms with van der Waals surface area (Å²) < 4.78 is 0. The number of carbonyl (C=O) groups is 1. The first-order chi connectivity index (χ1) is 14.3. The largest absolute Gasteiger partial charge is 0.478 e. The van der Waals surface area contributed by atoms with E-state index in [9.17, 15) is 4.79 Å². The Hall–Kier alpha value is -2.87. The maximum Gasteiger partial charge on any atom is 0.335 e. The highest BCUT2D eigenvalue weighted by Gasteiger charge is 2.36. The lowest BCUT2D eigenvalue weighted by Crippen LogP contribution is -2.23. The lowest BCUT2D eigenvalue weighted by molar-refractivity contribution is 0.0697. The minimum atomic E-state index is -0.871. The fraction of sp³-hybridized carbons (Fsp3) is 0.321. The van der Waals surface area contributed by atoms with Gasteiger partial charge in [-0.1, -0.05) is 66.6 Å². The van der Waals surface area contributed by atoms with Crippen LogP contribution in [0.1, 0.15) is 62.6 Å². The standard InChI is InChI=1S/C28H30O2/c1-19-15-20(2)17-22(16-19)18-28(3)14-13-24-6-4-5-23(26(24)28)10-7-21-8-11-25(12-9-21)27(29)30/h4-6,8-9,11-12,15-17H,7,10,13-14,18H2,1-3H3,(H,29,30). The summed E-state index contributed by atoms with van der Waals surface area (Å²) in [5.41, 5.74) is 10.3. The Bertz CT molecular complexity index is 1060. The molecule has 1 aliphatic rings. The fourth-order valence-electron chi connectivity index (χ4n) is 5.27. The number of aryl methyl sites for hydroxylation is 5. The van der Waals surface area contributed by atoms with Crippen LogP contribution in [0.3, 0.4) is 0 Å². The molecular formula is C28H30O2. The van der Waals surface area contributed by atoms with Gasteiger partial charge in [-0.05, 0) is 91.3 Å². The van der Waals surface area contributed by atoms with Gasteiger partial charge < -0.3 is 5.11 Å². The van der Waals surface area contributed by atoms with Crippen LogP contribution in [-0.4, -0.2) is 11.1 Å². The summed E-state index contributed by atoms with van der Waals surface area (Å²) >= 11 is 0. The van der Waals surface area contributed by atoms with Gasteiger partial charge in [-0.2, -0.15) is 0 Å². The Morgan fingerprint density at radius 2 is 1.63 bits per heavy atom. The lowest BCUT2D eigenvalue weighted by atomic mass is 9.75. The van der Waals surface area contributed by atoms with Gasteiger partial charge in [0.05, 0.1) is 5.56 Å². The molecule has 1 unspecified atom stereocenters. The van der Waals surface area contributed by atoms with Crippen LogP contribution in [0, 0.1) is 13.8 Å². The molecule has 1 aliphatic carbocycles. The summed E-state index contributed by atoms with van der Waals surface area (Å²) in [4.78, 5) is 11.1. The minimum absolute atomic E-state index is 0.166. The monoisotopic (exact) mass is 398 g/mol. The SMILES string of the molecule is Cc1cc(C)cc(CC2(C)CCc3cccc(CCc4ccc(C(=O)O)cc4)c32)c1. The average molecular weight is 399 g/mol. The van der Waals surface area contributed by atoms with E-state index >= 15 is 0 Å². The van der Waals surface area contributed by atoms with Gasteiger partial charge in [-0.3, -0.25) is 0 Å². The topological polar surface area (TPSA) is 37.3 Å². The summed E-state index contributed by atoms with van der Waals surface area (Å²) in [5.74, 6) is -0.871. The molecule has 0 spiro atoms. The molecule has 3 aromatic rings. The van der Waals surface area contributed by atoms with Crippen LogP contribution >= 0.6 is 0 Å². The second-order valence-corrected chi connectivity index (χ2v) is 9.19. The molecule has 0 radical (unpaired) electrons. The van der Waals surface area contributed by atoms with Crippen molar-refractivity contribution in [2.75, 3.05) is 0 Å². The van der Waals surface area contributed by atoms with Gasteiger partial charge in [0.25, 0.3) is 0 Å². The van der Waals surface area contributed by atoms with Gasteiger partial charge in [-0.25, -0.2) is 4.79 Å². The van der Waals surface area contributed by atoms with Crippen LogP contribution in [0.15, 0.2) is 60.7 Å². The fourth-order valence-corrected chi connectivity index (χ4v) is 5.27. The number of carboxylic acid groups (broad SMARTS) is 1. The predicted octanol–water partition coefficient (Wildman–Crippen LogP) is 6.23. The zero-order chi connectivity index (χ0) is 21.3. The number of hydrogen-bond acceptors (Lipinski definition) is 1. The molecular weight excluding hydrogens is 368 g/mol. The van der Waals surface area contributed by atoms with E-state index in [1.54, 1.807) is 17.7 Å². The van der Waals surface area contributed by atoms with Gasteiger partial charge >= 0.3 is 5.97 Å². The van der Waals surface area contributed by atoms with E-state index in [-0.39, 0.29) is 5.41 Å². The molecule has 154 valence electrons. The molecule has 2 heteroatoms. The Labute approximate surface area is 179 Å². The van der Waals surface area contributed by atoms with Crippen molar-refractivity contribution in [3.63, 3.8) is 0 Å². The summed E-state index contributed by atoms with van der Waals surface area (Å²) in [6.07, 6.45) is 5.33. The van der Waals surface area contributed by atoms with Crippen LogP contribution in [-0.2, 0) is 31.1 Å². The summed E-state index contributed by atoms with van der Waals surface area (Å²) in [6.45, 7) is 6.80. The molecule has 1 atom stereocenters. The number of hydrogen-bond donors (Lipinski definition) is 1. The molecule has 4 rings (SSSR count). The third-order valence-corrected chi connectivity index (χ3v) is 6.55. The number of aromatic carboxylic acids is 1. The molecule has 0 fully saturated rings. The smallest absolute Gasteiger partial charge is 0.335 e. The van der Waals surface area contributed by atoms with Gasteiger partial charge in [0.15, 0.2) is 0 Å². The van der Waals surface area contributed by atoms with Crippen molar-refractivity contribution in [3.8, 4) is 0 Å². The van der Waals surface area contributed by atoms with Crippen molar-refractivity contribution in [1.82, 2.24) is 0 Å². The molecule has 0 heterocycles. The second kappa shape index (κ2) is 8.10. The maximum absolute atomic E-state index is 11.1. The highest BCUT2D eigenvalue weighted by Crippen LogP contribution is 2.43. The van der Waals surface area contributed by atoms with E-state index < -0.39 is 5.97 Å². The van der Waals surface area contributed by atoms with Crippen molar-refractivity contribution < 1.29 is 9.90 Å². The molecule has 3 aromatic carbocycles. The molecule has 30 heavy (non-hydrogen) atoms. The average Bonchev–Trinajstić information content (AvgIpc) is 3.03. The van der Waals surface area contributed by atoms with E-state index in [0.717, 1.165) is 25.7 Å². The molecule has 1 N–H and O–H groups in total. The summed E-state index contributed by atoms with van der Waals surface area (Å²) in [6, 6.07) is 21.0. The lowest BCUT2D eigenvalue weighted by Gasteiger charge is -2.28. The Morgan fingerprint density at radius 1 is 0.933 bits per heavy atom. The zero-order valence-corrected chi connectivity index (χ0v) is 18.2. The van der Waals surface area contributed by atoms with Crippen LogP contribution in [0.25, 0.3) is 0 Å². The van der Waals surface area contributed by atoms with Crippen LogP contribution in [0.2, 0.25) is 0 Å². The first-order valence-electron chi connectivity index (χ1n) is 10.8. The zero-order valence-electron chi connectivity index (χ0n) is 18.2.